The van der Waals surface area contributed by atoms with Gasteiger partial charge in [-0.3, -0.25) is 0 Å². The van der Waals surface area contributed by atoms with Gasteiger partial charge in [-0.1, -0.05) is 30.7 Å². The van der Waals surface area contributed by atoms with Crippen LogP contribution < -0.4 is 0 Å². The highest BCUT2D eigenvalue weighted by molar-refractivity contribution is 7.94. The summed E-state index contributed by atoms with van der Waals surface area (Å²) in [7, 11) is -8.15. The Hall–Kier alpha value is -1.97. The summed E-state index contributed by atoms with van der Waals surface area (Å²) in [5.41, 5.74) is 0.890. The van der Waals surface area contributed by atoms with E-state index in [1.54, 1.807) is 36.6 Å². The number of nitrogens with zero attached hydrogens (tertiary/aromatic N) is 1. The van der Waals surface area contributed by atoms with E-state index in [9.17, 15) is 16.8 Å². The van der Waals surface area contributed by atoms with E-state index in [0.29, 0.717) is 11.3 Å². The van der Waals surface area contributed by atoms with Crippen LogP contribution in [0.3, 0.4) is 0 Å². The van der Waals surface area contributed by atoms with Crippen LogP contribution in [0.2, 0.25) is 0 Å². The predicted octanol–water partition coefficient (Wildman–Crippen LogP) is 4.12. The van der Waals surface area contributed by atoms with Crippen LogP contribution in [0.15, 0.2) is 61.2 Å². The quantitative estimate of drug-likeness (QED) is 0.590. The molecule has 144 valence electrons. The van der Waals surface area contributed by atoms with Gasteiger partial charge in [0.05, 0.1) is 15.0 Å². The number of benzene rings is 1. The first-order valence-electron chi connectivity index (χ1n) is 8.28. The number of hydrogen-bond donors (Lipinski definition) is 0. The van der Waals surface area contributed by atoms with Gasteiger partial charge >= 0.3 is 0 Å². The zero-order valence-corrected chi connectivity index (χ0v) is 17.5. The normalized spacial score (nSPS) is 13.6. The third-order valence-electron chi connectivity index (χ3n) is 4.25. The molecule has 0 spiro atoms. The molecule has 1 aromatic carbocycles. The van der Waals surface area contributed by atoms with Crippen molar-refractivity contribution in [2.75, 3.05) is 0 Å². The minimum Gasteiger partial charge on any atom is -0.422 e. The molecule has 27 heavy (non-hydrogen) atoms. The van der Waals surface area contributed by atoms with E-state index in [0.717, 1.165) is 5.56 Å². The number of sulfone groups is 2. The summed E-state index contributed by atoms with van der Waals surface area (Å²) in [6, 6.07) is 9.61. The lowest BCUT2D eigenvalue weighted by Crippen LogP contribution is -2.19. The zero-order valence-electron chi connectivity index (χ0n) is 15.0. The molecule has 6 nitrogen and oxygen atoms in total. The summed E-state index contributed by atoms with van der Waals surface area (Å²) < 4.78 is 57.6. The maximum absolute atomic E-state index is 13.1. The van der Waals surface area contributed by atoms with Crippen molar-refractivity contribution in [2.45, 2.75) is 47.5 Å². The van der Waals surface area contributed by atoms with Gasteiger partial charge in [0, 0.05) is 0 Å². The molecule has 0 fully saturated rings. The standard InChI is InChI=1S/C18H19NO5S3/c1-4-13(3)26(20,21)18-17(19-16(24-18)15-6-5-11-25-15)27(22,23)14-9-7-12(2)8-10-14/h5-11,13H,4H2,1-3H3. The Morgan fingerprint density at radius 2 is 1.78 bits per heavy atom. The van der Waals surface area contributed by atoms with E-state index in [4.69, 9.17) is 4.42 Å². The van der Waals surface area contributed by atoms with Crippen molar-refractivity contribution in [1.29, 1.82) is 0 Å². The van der Waals surface area contributed by atoms with Crippen LogP contribution >= 0.6 is 11.3 Å². The Labute approximate surface area is 162 Å². The average Bonchev–Trinajstić information content (AvgIpc) is 3.31. The SMILES string of the molecule is CCC(C)S(=O)(=O)c1oc(-c2cccs2)nc1S(=O)(=O)c1ccc(C)cc1. The van der Waals surface area contributed by atoms with E-state index in [-0.39, 0.29) is 10.8 Å². The zero-order chi connectivity index (χ0) is 19.8. The van der Waals surface area contributed by atoms with Crippen LogP contribution in [0.5, 0.6) is 0 Å². The molecule has 0 saturated carbocycles. The molecule has 3 rings (SSSR count). The number of hydrogen-bond acceptors (Lipinski definition) is 7. The lowest BCUT2D eigenvalue weighted by molar-refractivity contribution is 0.441. The van der Waals surface area contributed by atoms with Crippen molar-refractivity contribution in [1.82, 2.24) is 4.98 Å². The summed E-state index contributed by atoms with van der Waals surface area (Å²) in [6.45, 7) is 5.07. The molecular weight excluding hydrogens is 406 g/mol. The summed E-state index contributed by atoms with van der Waals surface area (Å²) in [4.78, 5) is 4.61. The fourth-order valence-electron chi connectivity index (χ4n) is 2.38. The molecule has 0 aliphatic heterocycles. The van der Waals surface area contributed by atoms with Crippen molar-refractivity contribution < 1.29 is 21.3 Å². The Morgan fingerprint density at radius 1 is 1.11 bits per heavy atom. The van der Waals surface area contributed by atoms with Gasteiger partial charge in [0.1, 0.15) is 0 Å². The fourth-order valence-corrected chi connectivity index (χ4v) is 6.18. The molecular formula is C18H19NO5S3. The minimum atomic E-state index is -4.16. The summed E-state index contributed by atoms with van der Waals surface area (Å²) in [5.74, 6) is -0.0161. The highest BCUT2D eigenvalue weighted by Crippen LogP contribution is 2.35. The molecule has 3 aromatic rings. The number of oxazole rings is 1. The van der Waals surface area contributed by atoms with Crippen LogP contribution in [0, 0.1) is 6.92 Å². The third kappa shape index (κ3) is 3.59. The fraction of sp³-hybridized carbons (Fsp3) is 0.278. The van der Waals surface area contributed by atoms with Crippen LogP contribution in [0.1, 0.15) is 25.8 Å². The summed E-state index contributed by atoms with van der Waals surface area (Å²) in [5, 5.41) is -0.180. The van der Waals surface area contributed by atoms with E-state index in [1.165, 1.54) is 30.4 Å². The largest absolute Gasteiger partial charge is 0.422 e. The Balaban J connectivity index is 2.26. The van der Waals surface area contributed by atoms with Crippen molar-refractivity contribution >= 4 is 31.0 Å². The van der Waals surface area contributed by atoms with Gasteiger partial charge in [0.25, 0.3) is 5.09 Å². The van der Waals surface area contributed by atoms with Crippen molar-refractivity contribution in [3.63, 3.8) is 0 Å². The predicted molar refractivity (Wildman–Crippen MR) is 103 cm³/mol. The second-order valence-electron chi connectivity index (χ2n) is 6.17. The van der Waals surface area contributed by atoms with Crippen LogP contribution in [0.4, 0.5) is 0 Å². The number of aryl methyl sites for hydroxylation is 1. The van der Waals surface area contributed by atoms with Gasteiger partial charge in [-0.25, -0.2) is 16.8 Å². The summed E-state index contributed by atoms with van der Waals surface area (Å²) in [6.07, 6.45) is 0.321. The molecule has 0 aliphatic rings. The van der Waals surface area contributed by atoms with Crippen molar-refractivity contribution in [3.8, 4) is 10.8 Å². The van der Waals surface area contributed by atoms with E-state index >= 15 is 0 Å². The Kier molecular flexibility index (Phi) is 5.29. The van der Waals surface area contributed by atoms with Gasteiger partial charge < -0.3 is 4.42 Å². The van der Waals surface area contributed by atoms with Gasteiger partial charge in [0.15, 0.2) is 0 Å². The lowest BCUT2D eigenvalue weighted by Gasteiger charge is -2.09. The molecule has 0 saturated heterocycles. The monoisotopic (exact) mass is 425 g/mol. The van der Waals surface area contributed by atoms with Crippen LogP contribution in [-0.2, 0) is 19.7 Å². The van der Waals surface area contributed by atoms with E-state index < -0.39 is 35.0 Å². The Bertz CT molecular complexity index is 1140. The molecule has 2 heterocycles. The molecule has 0 aliphatic carbocycles. The lowest BCUT2D eigenvalue weighted by atomic mass is 10.2. The molecule has 0 bridgehead atoms. The first kappa shape index (κ1) is 19.8. The number of aromatic nitrogens is 1. The number of thiophene rings is 1. The highest BCUT2D eigenvalue weighted by atomic mass is 32.2. The van der Waals surface area contributed by atoms with Gasteiger partial charge in [-0.15, -0.1) is 11.3 Å². The van der Waals surface area contributed by atoms with E-state index in [2.05, 4.69) is 4.98 Å². The van der Waals surface area contributed by atoms with Gasteiger partial charge in [0.2, 0.25) is 30.6 Å². The van der Waals surface area contributed by atoms with Gasteiger partial charge in [-0.05, 0) is 43.8 Å². The maximum Gasteiger partial charge on any atom is 0.258 e. The van der Waals surface area contributed by atoms with Gasteiger partial charge in [-0.2, -0.15) is 4.98 Å². The second kappa shape index (κ2) is 7.21. The first-order chi connectivity index (χ1) is 12.7. The third-order valence-corrected chi connectivity index (χ3v) is 9.10. The second-order valence-corrected chi connectivity index (χ2v) is 11.2. The van der Waals surface area contributed by atoms with Crippen LogP contribution in [-0.4, -0.2) is 27.1 Å². The van der Waals surface area contributed by atoms with Crippen molar-refractivity contribution in [3.05, 3.63) is 47.3 Å². The van der Waals surface area contributed by atoms with E-state index in [1.807, 2.05) is 6.92 Å². The van der Waals surface area contributed by atoms with Crippen molar-refractivity contribution in [2.24, 2.45) is 0 Å². The number of rotatable bonds is 6. The summed E-state index contributed by atoms with van der Waals surface area (Å²) >= 11 is 1.29. The molecule has 1 atom stereocenters. The molecule has 9 heteroatoms. The smallest absolute Gasteiger partial charge is 0.258 e. The average molecular weight is 426 g/mol. The molecule has 1 unspecified atom stereocenters. The first-order valence-corrected chi connectivity index (χ1v) is 12.2. The maximum atomic E-state index is 13.1. The molecule has 0 radical (unpaired) electrons. The molecule has 0 amide bonds. The molecule has 2 aromatic heterocycles. The highest BCUT2D eigenvalue weighted by Gasteiger charge is 2.37. The van der Waals surface area contributed by atoms with Crippen LogP contribution in [0.25, 0.3) is 10.8 Å². The molecule has 0 N–H and O–H groups in total. The Morgan fingerprint density at radius 3 is 2.33 bits per heavy atom. The minimum absolute atomic E-state index is 0.0161. The topological polar surface area (TPSA) is 94.3 Å².